The summed E-state index contributed by atoms with van der Waals surface area (Å²) < 4.78 is 10.6. The number of aromatic nitrogens is 2. The Bertz CT molecular complexity index is 665. The van der Waals surface area contributed by atoms with Gasteiger partial charge in [0.1, 0.15) is 6.79 Å². The zero-order chi connectivity index (χ0) is 14.2. The molecule has 6 heteroatoms. The predicted molar refractivity (Wildman–Crippen MR) is 87.5 cm³/mol. The molecule has 0 aliphatic heterocycles. The first-order valence-corrected chi connectivity index (χ1v) is 7.36. The van der Waals surface area contributed by atoms with Crippen LogP contribution in [0.1, 0.15) is 1.43 Å². The van der Waals surface area contributed by atoms with E-state index in [0.717, 1.165) is 0 Å². The molecule has 0 N–H and O–H groups in total. The van der Waals surface area contributed by atoms with Gasteiger partial charge in [-0.1, -0.05) is 36.4 Å². The number of rotatable bonds is 0. The fraction of sp³-hybridized carbons (Fsp3) is 0. The summed E-state index contributed by atoms with van der Waals surface area (Å²) in [6, 6.07) is 16.4. The molecule has 0 aliphatic carbocycles. The summed E-state index contributed by atoms with van der Waals surface area (Å²) in [4.78, 5) is 8.00. The second kappa shape index (κ2) is 9.76. The summed E-state index contributed by atoms with van der Waals surface area (Å²) >= 11 is 3.07. The van der Waals surface area contributed by atoms with Crippen LogP contribution in [0, 0.1) is 0 Å². The Morgan fingerprint density at radius 1 is 0.762 bits per heavy atom. The SMILES string of the molecule is C=O.[H-].[Na+].c1ccc2sncc2c1.c1ccc2sncc2c1. The molecule has 0 fully saturated rings. The van der Waals surface area contributed by atoms with Crippen LogP contribution in [0.5, 0.6) is 0 Å². The summed E-state index contributed by atoms with van der Waals surface area (Å²) in [5.41, 5.74) is 0. The van der Waals surface area contributed by atoms with E-state index in [1.54, 1.807) is 0 Å². The Morgan fingerprint density at radius 3 is 1.52 bits per heavy atom. The van der Waals surface area contributed by atoms with Gasteiger partial charge in [0.05, 0.1) is 9.40 Å². The van der Waals surface area contributed by atoms with Gasteiger partial charge in [0.2, 0.25) is 0 Å². The molecule has 0 unspecified atom stereocenters. The van der Waals surface area contributed by atoms with Gasteiger partial charge in [-0.3, -0.25) is 0 Å². The Labute approximate surface area is 154 Å². The minimum absolute atomic E-state index is 0. The van der Waals surface area contributed by atoms with E-state index in [-0.39, 0.29) is 31.0 Å². The number of carbonyl (C=O) groups excluding carboxylic acids is 1. The summed E-state index contributed by atoms with van der Waals surface area (Å²) in [6.07, 6.45) is 3.78. The standard InChI is InChI=1S/2C7H5NS.CH2O.Na.H/c2*1-2-4-7-6(3-1)5-8-9-7;1-2;;/h2*1-5H;1H2;;/q;;;+1;-1. The number of nitrogens with zero attached hydrogens (tertiary/aromatic N) is 2. The van der Waals surface area contributed by atoms with Gasteiger partial charge in [-0.15, -0.1) is 0 Å². The van der Waals surface area contributed by atoms with Crippen LogP contribution in [0.15, 0.2) is 60.9 Å². The first kappa shape index (κ1) is 17.9. The van der Waals surface area contributed by atoms with Crippen molar-refractivity contribution in [1.29, 1.82) is 0 Å². The first-order chi connectivity index (χ1) is 9.93. The van der Waals surface area contributed by atoms with Gasteiger partial charge in [0.15, 0.2) is 0 Å². The van der Waals surface area contributed by atoms with Crippen molar-refractivity contribution in [3.63, 3.8) is 0 Å². The van der Waals surface area contributed by atoms with Crippen LogP contribution in [-0.2, 0) is 4.79 Å². The summed E-state index contributed by atoms with van der Waals surface area (Å²) in [7, 11) is 0. The van der Waals surface area contributed by atoms with Crippen LogP contribution < -0.4 is 29.6 Å². The van der Waals surface area contributed by atoms with E-state index in [1.807, 2.05) is 43.4 Å². The van der Waals surface area contributed by atoms with Crippen molar-refractivity contribution < 1.29 is 35.8 Å². The normalized spacial score (nSPS) is 8.95. The molecule has 2 aromatic heterocycles. The summed E-state index contributed by atoms with van der Waals surface area (Å²) in [6.45, 7) is 2.00. The molecule has 2 aromatic carbocycles. The second-order valence-electron chi connectivity index (χ2n) is 3.73. The van der Waals surface area contributed by atoms with Crippen LogP contribution in [0.25, 0.3) is 20.2 Å². The molecule has 0 aliphatic rings. The molecule has 0 spiro atoms. The first-order valence-electron chi connectivity index (χ1n) is 5.81. The van der Waals surface area contributed by atoms with Crippen molar-refractivity contribution in [3.05, 3.63) is 60.9 Å². The molecule has 0 radical (unpaired) electrons. The van der Waals surface area contributed by atoms with Crippen LogP contribution in [-0.4, -0.2) is 15.5 Å². The van der Waals surface area contributed by atoms with Crippen LogP contribution in [0.4, 0.5) is 0 Å². The Hall–Kier alpha value is -1.11. The molecule has 2 heterocycles. The molecule has 0 bridgehead atoms. The van der Waals surface area contributed by atoms with Gasteiger partial charge in [0.25, 0.3) is 0 Å². The maximum atomic E-state index is 8.00. The van der Waals surface area contributed by atoms with Gasteiger partial charge in [-0.2, -0.15) is 8.75 Å². The average Bonchev–Trinajstić information content (AvgIpc) is 3.18. The van der Waals surface area contributed by atoms with E-state index >= 15 is 0 Å². The zero-order valence-electron chi connectivity index (χ0n) is 12.6. The molecule has 0 saturated carbocycles. The summed E-state index contributed by atoms with van der Waals surface area (Å²) in [5.74, 6) is 0. The molecule has 102 valence electrons. The fourth-order valence-electron chi connectivity index (χ4n) is 1.62. The topological polar surface area (TPSA) is 42.9 Å². The number of hydrogen-bond donors (Lipinski definition) is 0. The van der Waals surface area contributed by atoms with Gasteiger partial charge in [0, 0.05) is 23.2 Å². The largest absolute Gasteiger partial charge is 1.00 e. The zero-order valence-corrected chi connectivity index (χ0v) is 15.2. The maximum Gasteiger partial charge on any atom is 1.00 e. The van der Waals surface area contributed by atoms with E-state index in [1.165, 1.54) is 43.2 Å². The Kier molecular flexibility index (Phi) is 8.34. The van der Waals surface area contributed by atoms with Gasteiger partial charge in [-0.05, 0) is 35.2 Å². The molecule has 3 nitrogen and oxygen atoms in total. The van der Waals surface area contributed by atoms with Crippen LogP contribution >= 0.6 is 23.1 Å². The van der Waals surface area contributed by atoms with Crippen molar-refractivity contribution in [3.8, 4) is 0 Å². The maximum absolute atomic E-state index is 8.00. The Morgan fingerprint density at radius 2 is 1.14 bits per heavy atom. The molecular formula is C15H13N2NaOS2. The number of benzene rings is 2. The quantitative estimate of drug-likeness (QED) is 0.461. The van der Waals surface area contributed by atoms with Crippen molar-refractivity contribution in [2.75, 3.05) is 0 Å². The van der Waals surface area contributed by atoms with Crippen molar-refractivity contribution >= 4 is 50.0 Å². The molecule has 0 saturated heterocycles. The average molecular weight is 324 g/mol. The second-order valence-corrected chi connectivity index (χ2v) is 5.39. The minimum atomic E-state index is 0. The van der Waals surface area contributed by atoms with Crippen molar-refractivity contribution in [2.45, 2.75) is 0 Å². The number of carbonyl (C=O) groups is 1. The van der Waals surface area contributed by atoms with E-state index in [2.05, 4.69) is 33.0 Å². The number of hydrogen-bond acceptors (Lipinski definition) is 5. The Balaban J connectivity index is 0.000000334. The van der Waals surface area contributed by atoms with Gasteiger partial charge in [-0.25, -0.2) is 0 Å². The predicted octanol–water partition coefficient (Wildman–Crippen LogP) is 1.52. The molecular weight excluding hydrogens is 311 g/mol. The van der Waals surface area contributed by atoms with Crippen LogP contribution in [0.3, 0.4) is 0 Å². The van der Waals surface area contributed by atoms with E-state index < -0.39 is 0 Å². The van der Waals surface area contributed by atoms with Gasteiger partial charge < -0.3 is 6.22 Å². The van der Waals surface area contributed by atoms with Gasteiger partial charge >= 0.3 is 29.6 Å². The van der Waals surface area contributed by atoms with Crippen molar-refractivity contribution in [1.82, 2.24) is 8.75 Å². The third-order valence-corrected chi connectivity index (χ3v) is 4.08. The number of fused-ring (bicyclic) bond motifs is 2. The molecule has 4 aromatic rings. The van der Waals surface area contributed by atoms with Crippen molar-refractivity contribution in [2.24, 2.45) is 0 Å². The van der Waals surface area contributed by atoms with Crippen LogP contribution in [0.2, 0.25) is 0 Å². The molecule has 0 amide bonds. The van der Waals surface area contributed by atoms with E-state index in [9.17, 15) is 0 Å². The minimum Gasteiger partial charge on any atom is -1.00 e. The monoisotopic (exact) mass is 324 g/mol. The molecule has 21 heavy (non-hydrogen) atoms. The third-order valence-electron chi connectivity index (χ3n) is 2.52. The van der Waals surface area contributed by atoms with E-state index in [0.29, 0.717) is 0 Å². The smallest absolute Gasteiger partial charge is 1.00 e. The molecule has 4 rings (SSSR count). The third kappa shape index (κ3) is 4.98. The fourth-order valence-corrected chi connectivity index (χ4v) is 2.91. The summed E-state index contributed by atoms with van der Waals surface area (Å²) in [5, 5.41) is 2.48. The van der Waals surface area contributed by atoms with E-state index in [4.69, 9.17) is 4.79 Å². The molecule has 0 atom stereocenters.